The number of hydrogen-bond donors (Lipinski definition) is 0. The molecule has 152 valence electrons. The van der Waals surface area contributed by atoms with Gasteiger partial charge in [0.1, 0.15) is 28.5 Å². The molecule has 3 nitrogen and oxygen atoms in total. The zero-order valence-corrected chi connectivity index (χ0v) is 18.3. The minimum absolute atomic E-state index is 0.00510. The summed E-state index contributed by atoms with van der Waals surface area (Å²) in [7, 11) is 0. The minimum atomic E-state index is -0.00510. The Kier molecular flexibility index (Phi) is 3.14. The summed E-state index contributed by atoms with van der Waals surface area (Å²) in [5.74, 6) is 3.57. The van der Waals surface area contributed by atoms with Gasteiger partial charge in [0.15, 0.2) is 5.75 Å². The van der Waals surface area contributed by atoms with E-state index in [0.29, 0.717) is 0 Å². The van der Waals surface area contributed by atoms with Crippen molar-refractivity contribution in [1.29, 1.82) is 0 Å². The molecule has 0 bridgehead atoms. The largest absolute Gasteiger partial charge is 0.466 e. The van der Waals surface area contributed by atoms with Crippen molar-refractivity contribution in [3.63, 3.8) is 0 Å². The Balaban J connectivity index is 1.53. The summed E-state index contributed by atoms with van der Waals surface area (Å²) in [6.07, 6.45) is 2.28. The molecule has 0 N–H and O–H groups in total. The maximum absolute atomic E-state index is 6.54. The molecule has 3 aromatic carbocycles. The second-order valence-electron chi connectivity index (χ2n) is 10.2. The van der Waals surface area contributed by atoms with Crippen LogP contribution < -0.4 is 26.1 Å². The Hall–Kier alpha value is -3.14. The fourth-order valence-corrected chi connectivity index (χ4v) is 5.26. The maximum Gasteiger partial charge on any atom is 0.305 e. The van der Waals surface area contributed by atoms with Gasteiger partial charge in [0, 0.05) is 5.46 Å². The van der Waals surface area contributed by atoms with Crippen LogP contribution in [0.1, 0.15) is 43.0 Å². The number of benzene rings is 3. The number of fused-ring (bicyclic) bond motifs is 7. The van der Waals surface area contributed by atoms with Gasteiger partial charge in [-0.25, -0.2) is 0 Å². The Bertz CT molecular complexity index is 1440. The predicted octanol–water partition coefficient (Wildman–Crippen LogP) is 4.86. The topological polar surface area (TPSA) is 31.6 Å². The summed E-state index contributed by atoms with van der Waals surface area (Å²) in [5, 5.41) is 1.05. The van der Waals surface area contributed by atoms with Crippen molar-refractivity contribution in [3.05, 3.63) is 64.7 Å². The highest BCUT2D eigenvalue weighted by Crippen LogP contribution is 2.41. The van der Waals surface area contributed by atoms with Crippen molar-refractivity contribution in [3.8, 4) is 23.0 Å². The smallest absolute Gasteiger partial charge is 0.305 e. The van der Waals surface area contributed by atoms with Gasteiger partial charge in [0.05, 0.1) is 5.39 Å². The first-order valence-corrected chi connectivity index (χ1v) is 11.1. The van der Waals surface area contributed by atoms with Gasteiger partial charge in [0.2, 0.25) is 0 Å². The summed E-state index contributed by atoms with van der Waals surface area (Å²) < 4.78 is 19.4. The standard InChI is InChI=1S/C27H23BO3/c1-14-9-22-24-23(10-14)30-25-18-13-17(27(2,3)4)7-8-20(18)31-26(25)28(24)19-11-15-5-6-16(15)12-21(19)29-22/h7-13H,5-6H2,1-4H3. The van der Waals surface area contributed by atoms with E-state index in [0.717, 1.165) is 63.5 Å². The minimum Gasteiger partial charge on any atom is -0.466 e. The Morgan fingerprint density at radius 3 is 2.32 bits per heavy atom. The molecule has 1 aromatic heterocycles. The molecule has 31 heavy (non-hydrogen) atoms. The zero-order chi connectivity index (χ0) is 21.1. The van der Waals surface area contributed by atoms with E-state index in [1.165, 1.54) is 22.2 Å². The highest BCUT2D eigenvalue weighted by Gasteiger charge is 2.44. The molecular weight excluding hydrogens is 383 g/mol. The first kappa shape index (κ1) is 17.5. The quantitative estimate of drug-likeness (QED) is 0.338. The third kappa shape index (κ3) is 2.31. The lowest BCUT2D eigenvalue weighted by molar-refractivity contribution is 0.459. The molecule has 0 saturated carbocycles. The van der Waals surface area contributed by atoms with Crippen LogP contribution in [0.3, 0.4) is 0 Å². The lowest BCUT2D eigenvalue weighted by atomic mass is 9.36. The SMILES string of the molecule is Cc1cc2c3c(c1)Oc1c(oc4ccc(C(C)(C)C)cc14)B3c1cc3c(cc1O2)CC3. The van der Waals surface area contributed by atoms with E-state index < -0.39 is 0 Å². The molecule has 0 saturated heterocycles. The Labute approximate surface area is 182 Å². The number of hydrogen-bond acceptors (Lipinski definition) is 3. The van der Waals surface area contributed by atoms with E-state index in [2.05, 4.69) is 70.2 Å². The lowest BCUT2D eigenvalue weighted by Crippen LogP contribution is -2.57. The van der Waals surface area contributed by atoms with Crippen molar-refractivity contribution in [1.82, 2.24) is 0 Å². The van der Waals surface area contributed by atoms with Crippen molar-refractivity contribution >= 4 is 34.3 Å². The molecule has 0 amide bonds. The highest BCUT2D eigenvalue weighted by molar-refractivity contribution is 6.97. The van der Waals surface area contributed by atoms with Crippen LogP contribution in [0.15, 0.2) is 46.9 Å². The molecule has 0 unspecified atom stereocenters. The van der Waals surface area contributed by atoms with E-state index >= 15 is 0 Å². The molecule has 3 heterocycles. The Morgan fingerprint density at radius 2 is 1.58 bits per heavy atom. The van der Waals surface area contributed by atoms with E-state index in [1.54, 1.807) is 0 Å². The first-order valence-electron chi connectivity index (χ1n) is 11.1. The van der Waals surface area contributed by atoms with Gasteiger partial charge in [0.25, 0.3) is 0 Å². The van der Waals surface area contributed by atoms with E-state index in [4.69, 9.17) is 13.9 Å². The summed E-state index contributed by atoms with van der Waals surface area (Å²) in [6.45, 7) is 8.79. The molecule has 7 rings (SSSR count). The molecular formula is C27H23BO3. The van der Waals surface area contributed by atoms with E-state index in [1.807, 2.05) is 0 Å². The molecule has 0 atom stereocenters. The summed E-state index contributed by atoms with van der Waals surface area (Å²) in [4.78, 5) is 0. The van der Waals surface area contributed by atoms with E-state index in [9.17, 15) is 0 Å². The average Bonchev–Trinajstić information content (AvgIpc) is 3.06. The van der Waals surface area contributed by atoms with Crippen molar-refractivity contribution in [2.24, 2.45) is 0 Å². The van der Waals surface area contributed by atoms with Crippen LogP contribution in [-0.4, -0.2) is 6.71 Å². The van der Waals surface area contributed by atoms with Gasteiger partial charge in [-0.2, -0.15) is 0 Å². The number of furan rings is 1. The van der Waals surface area contributed by atoms with Crippen LogP contribution >= 0.6 is 0 Å². The molecule has 1 aliphatic carbocycles. The fraction of sp³-hybridized carbons (Fsp3) is 0.259. The third-order valence-corrected chi connectivity index (χ3v) is 7.07. The molecule has 4 aromatic rings. The molecule has 0 radical (unpaired) electrons. The van der Waals surface area contributed by atoms with Crippen molar-refractivity contribution in [2.45, 2.75) is 46.0 Å². The normalized spacial score (nSPS) is 15.3. The summed E-state index contributed by atoms with van der Waals surface area (Å²) in [6, 6.07) is 15.3. The second kappa shape index (κ2) is 5.56. The second-order valence-corrected chi connectivity index (χ2v) is 10.2. The maximum atomic E-state index is 6.54. The molecule has 0 fully saturated rings. The zero-order valence-electron chi connectivity index (χ0n) is 18.3. The van der Waals surface area contributed by atoms with E-state index in [-0.39, 0.29) is 12.1 Å². The number of rotatable bonds is 0. The highest BCUT2D eigenvalue weighted by atomic mass is 16.5. The molecule has 4 heteroatoms. The Morgan fingerprint density at radius 1 is 0.839 bits per heavy atom. The van der Waals surface area contributed by atoms with Gasteiger partial charge in [-0.15, -0.1) is 0 Å². The van der Waals surface area contributed by atoms with Crippen LogP contribution in [0.25, 0.3) is 11.0 Å². The van der Waals surface area contributed by atoms with Gasteiger partial charge < -0.3 is 13.9 Å². The molecule has 3 aliphatic rings. The lowest BCUT2D eigenvalue weighted by Gasteiger charge is -2.33. The first-order chi connectivity index (χ1) is 14.9. The number of ether oxygens (including phenoxy) is 2. The van der Waals surface area contributed by atoms with Crippen LogP contribution in [0.2, 0.25) is 0 Å². The van der Waals surface area contributed by atoms with Crippen LogP contribution in [0.4, 0.5) is 0 Å². The average molecular weight is 406 g/mol. The summed E-state index contributed by atoms with van der Waals surface area (Å²) >= 11 is 0. The van der Waals surface area contributed by atoms with Crippen molar-refractivity contribution < 1.29 is 13.9 Å². The monoisotopic (exact) mass is 406 g/mol. The number of aryl methyl sites for hydroxylation is 3. The third-order valence-electron chi connectivity index (χ3n) is 7.07. The predicted molar refractivity (Wildman–Crippen MR) is 125 cm³/mol. The molecule has 0 spiro atoms. The molecule has 2 aliphatic heterocycles. The summed E-state index contributed by atoms with van der Waals surface area (Å²) in [5.41, 5.74) is 9.34. The van der Waals surface area contributed by atoms with Crippen LogP contribution in [-0.2, 0) is 18.3 Å². The fourth-order valence-electron chi connectivity index (χ4n) is 5.26. The van der Waals surface area contributed by atoms with Gasteiger partial charge in [-0.1, -0.05) is 32.9 Å². The van der Waals surface area contributed by atoms with Gasteiger partial charge in [-0.3, -0.25) is 0 Å². The van der Waals surface area contributed by atoms with Gasteiger partial charge in [-0.05, 0) is 83.2 Å². The van der Waals surface area contributed by atoms with Gasteiger partial charge >= 0.3 is 6.71 Å². The van der Waals surface area contributed by atoms with Crippen LogP contribution in [0.5, 0.6) is 23.0 Å². The van der Waals surface area contributed by atoms with Crippen LogP contribution in [0, 0.1) is 6.92 Å². The van der Waals surface area contributed by atoms with Crippen molar-refractivity contribution in [2.75, 3.05) is 0 Å².